The molecule has 98 valence electrons. The number of nitrogens with zero attached hydrogens (tertiary/aromatic N) is 1. The topological polar surface area (TPSA) is 67.9 Å². The van der Waals surface area contributed by atoms with Crippen LogP contribution in [0.2, 0.25) is 0 Å². The van der Waals surface area contributed by atoms with Crippen molar-refractivity contribution in [2.45, 2.75) is 26.4 Å². The summed E-state index contributed by atoms with van der Waals surface area (Å²) in [6.45, 7) is 6.30. The van der Waals surface area contributed by atoms with E-state index >= 15 is 0 Å². The first-order chi connectivity index (χ1) is 8.15. The summed E-state index contributed by atoms with van der Waals surface area (Å²) in [4.78, 5) is 24.2. The van der Waals surface area contributed by atoms with Crippen molar-refractivity contribution in [2.24, 2.45) is 0 Å². The molecular formula is C11H20N2O4. The van der Waals surface area contributed by atoms with Gasteiger partial charge in [-0.1, -0.05) is 6.92 Å². The van der Waals surface area contributed by atoms with Crippen LogP contribution in [0.25, 0.3) is 0 Å². The Morgan fingerprint density at radius 3 is 2.88 bits per heavy atom. The number of carbonyl (C=O) groups is 2. The van der Waals surface area contributed by atoms with Crippen LogP contribution >= 0.6 is 0 Å². The van der Waals surface area contributed by atoms with Crippen LogP contribution in [0.3, 0.4) is 0 Å². The van der Waals surface area contributed by atoms with Gasteiger partial charge >= 0.3 is 12.1 Å². The van der Waals surface area contributed by atoms with Crippen LogP contribution in [0.5, 0.6) is 0 Å². The van der Waals surface area contributed by atoms with Gasteiger partial charge in [0.2, 0.25) is 0 Å². The van der Waals surface area contributed by atoms with Gasteiger partial charge in [0.1, 0.15) is 6.10 Å². The molecule has 0 aromatic carbocycles. The molecule has 1 fully saturated rings. The van der Waals surface area contributed by atoms with Gasteiger partial charge < -0.3 is 14.8 Å². The van der Waals surface area contributed by atoms with E-state index in [1.165, 1.54) is 0 Å². The number of cyclic esters (lactones) is 1. The van der Waals surface area contributed by atoms with Gasteiger partial charge in [0.25, 0.3) is 0 Å². The van der Waals surface area contributed by atoms with E-state index < -0.39 is 0 Å². The lowest BCUT2D eigenvalue weighted by Gasteiger charge is -2.22. The second-order valence-corrected chi connectivity index (χ2v) is 3.95. The van der Waals surface area contributed by atoms with Crippen LogP contribution in [0.15, 0.2) is 0 Å². The Bertz CT molecular complexity index is 270. The zero-order valence-corrected chi connectivity index (χ0v) is 10.4. The highest BCUT2D eigenvalue weighted by Crippen LogP contribution is 2.04. The van der Waals surface area contributed by atoms with Crippen molar-refractivity contribution < 1.29 is 19.1 Å². The van der Waals surface area contributed by atoms with Crippen molar-refractivity contribution in [1.82, 2.24) is 10.2 Å². The molecule has 0 spiro atoms. The van der Waals surface area contributed by atoms with E-state index in [1.807, 2.05) is 11.8 Å². The summed E-state index contributed by atoms with van der Waals surface area (Å²) in [5, 5.41) is 2.59. The fourth-order valence-electron chi connectivity index (χ4n) is 1.76. The molecule has 0 aliphatic carbocycles. The molecule has 0 bridgehead atoms. The zero-order chi connectivity index (χ0) is 12.7. The summed E-state index contributed by atoms with van der Waals surface area (Å²) in [5.74, 6) is -0.238. The smallest absolute Gasteiger partial charge is 0.407 e. The Morgan fingerprint density at radius 2 is 2.35 bits per heavy atom. The molecule has 1 N–H and O–H groups in total. The van der Waals surface area contributed by atoms with E-state index in [1.54, 1.807) is 6.92 Å². The van der Waals surface area contributed by atoms with Crippen molar-refractivity contribution >= 4 is 12.1 Å². The molecule has 6 nitrogen and oxygen atoms in total. The SMILES string of the molecule is CCCN(CC(=O)OCC)CC1CNC(=O)O1. The van der Waals surface area contributed by atoms with Gasteiger partial charge in [-0.3, -0.25) is 9.69 Å². The Labute approximate surface area is 101 Å². The summed E-state index contributed by atoms with van der Waals surface area (Å²) in [6, 6.07) is 0. The highest BCUT2D eigenvalue weighted by molar-refractivity contribution is 5.71. The third-order valence-corrected chi connectivity index (χ3v) is 2.41. The van der Waals surface area contributed by atoms with Crippen LogP contribution in [-0.2, 0) is 14.3 Å². The molecule has 0 aromatic rings. The van der Waals surface area contributed by atoms with Gasteiger partial charge in [-0.15, -0.1) is 0 Å². The Morgan fingerprint density at radius 1 is 1.59 bits per heavy atom. The van der Waals surface area contributed by atoms with E-state index in [9.17, 15) is 9.59 Å². The number of alkyl carbamates (subject to hydrolysis) is 1. The molecule has 0 saturated carbocycles. The van der Waals surface area contributed by atoms with Gasteiger partial charge in [-0.25, -0.2) is 4.79 Å². The Hall–Kier alpha value is -1.30. The highest BCUT2D eigenvalue weighted by atomic mass is 16.6. The van der Waals surface area contributed by atoms with E-state index in [0.717, 1.165) is 13.0 Å². The molecule has 1 rings (SSSR count). The number of esters is 1. The molecule has 1 aliphatic heterocycles. The van der Waals surface area contributed by atoms with Crippen molar-refractivity contribution in [1.29, 1.82) is 0 Å². The van der Waals surface area contributed by atoms with Crippen LogP contribution in [0.4, 0.5) is 4.79 Å². The molecular weight excluding hydrogens is 224 g/mol. The molecule has 1 atom stereocenters. The number of rotatable bonds is 7. The minimum absolute atomic E-state index is 0.177. The lowest BCUT2D eigenvalue weighted by molar-refractivity contribution is -0.144. The fraction of sp³-hybridized carbons (Fsp3) is 0.818. The van der Waals surface area contributed by atoms with E-state index in [0.29, 0.717) is 19.7 Å². The molecule has 1 saturated heterocycles. The summed E-state index contributed by atoms with van der Waals surface area (Å²) in [7, 11) is 0. The van der Waals surface area contributed by atoms with Gasteiger partial charge in [0.15, 0.2) is 0 Å². The minimum atomic E-state index is -0.386. The molecule has 1 heterocycles. The highest BCUT2D eigenvalue weighted by Gasteiger charge is 2.25. The summed E-state index contributed by atoms with van der Waals surface area (Å²) >= 11 is 0. The maximum absolute atomic E-state index is 11.4. The number of hydrogen-bond donors (Lipinski definition) is 1. The number of carbonyl (C=O) groups excluding carboxylic acids is 2. The molecule has 17 heavy (non-hydrogen) atoms. The molecule has 6 heteroatoms. The lowest BCUT2D eigenvalue weighted by atomic mass is 10.3. The van der Waals surface area contributed by atoms with Crippen molar-refractivity contribution in [3.8, 4) is 0 Å². The van der Waals surface area contributed by atoms with E-state index in [2.05, 4.69) is 5.32 Å². The van der Waals surface area contributed by atoms with Crippen LogP contribution in [0, 0.1) is 0 Å². The Balaban J connectivity index is 2.36. The third-order valence-electron chi connectivity index (χ3n) is 2.41. The molecule has 0 aromatic heterocycles. The maximum Gasteiger partial charge on any atom is 0.407 e. The average molecular weight is 244 g/mol. The average Bonchev–Trinajstić information content (AvgIpc) is 2.64. The number of hydrogen-bond acceptors (Lipinski definition) is 5. The van der Waals surface area contributed by atoms with Crippen LogP contribution in [-0.4, -0.2) is 55.9 Å². The van der Waals surface area contributed by atoms with Crippen molar-refractivity contribution in [3.63, 3.8) is 0 Å². The number of ether oxygens (including phenoxy) is 2. The van der Waals surface area contributed by atoms with E-state index in [-0.39, 0.29) is 24.7 Å². The third kappa shape index (κ3) is 5.04. The lowest BCUT2D eigenvalue weighted by Crippen LogP contribution is -2.38. The molecule has 1 aliphatic rings. The first kappa shape index (κ1) is 13.8. The fourth-order valence-corrected chi connectivity index (χ4v) is 1.76. The van der Waals surface area contributed by atoms with Gasteiger partial charge in [0.05, 0.1) is 19.7 Å². The van der Waals surface area contributed by atoms with Gasteiger partial charge in [-0.2, -0.15) is 0 Å². The zero-order valence-electron chi connectivity index (χ0n) is 10.4. The summed E-state index contributed by atoms with van der Waals surface area (Å²) in [6.07, 6.45) is 0.374. The largest absolute Gasteiger partial charge is 0.465 e. The summed E-state index contributed by atoms with van der Waals surface area (Å²) < 4.78 is 9.94. The van der Waals surface area contributed by atoms with Crippen LogP contribution < -0.4 is 5.32 Å². The van der Waals surface area contributed by atoms with Crippen molar-refractivity contribution in [2.75, 3.05) is 32.8 Å². The quantitative estimate of drug-likeness (QED) is 0.655. The molecule has 1 unspecified atom stereocenters. The standard InChI is InChI=1S/C11H20N2O4/c1-3-5-13(8-10(14)16-4-2)7-9-6-12-11(15)17-9/h9H,3-8H2,1-2H3,(H,12,15). The predicted octanol–water partition coefficient (Wildman–Crippen LogP) is 0.370. The van der Waals surface area contributed by atoms with Crippen LogP contribution in [0.1, 0.15) is 20.3 Å². The first-order valence-corrected chi connectivity index (χ1v) is 5.98. The minimum Gasteiger partial charge on any atom is -0.465 e. The Kier molecular flexibility index (Phi) is 5.76. The normalized spacial score (nSPS) is 19.0. The van der Waals surface area contributed by atoms with Gasteiger partial charge in [0, 0.05) is 6.54 Å². The number of nitrogens with one attached hydrogen (secondary N) is 1. The molecule has 0 radical (unpaired) electrons. The first-order valence-electron chi connectivity index (χ1n) is 5.98. The second kappa shape index (κ2) is 7.11. The summed E-state index contributed by atoms with van der Waals surface area (Å²) in [5.41, 5.74) is 0. The van der Waals surface area contributed by atoms with Gasteiger partial charge in [-0.05, 0) is 19.9 Å². The van der Waals surface area contributed by atoms with Crippen molar-refractivity contribution in [3.05, 3.63) is 0 Å². The number of amides is 1. The monoisotopic (exact) mass is 244 g/mol. The predicted molar refractivity (Wildman–Crippen MR) is 61.6 cm³/mol. The molecule has 1 amide bonds. The maximum atomic E-state index is 11.4. The van der Waals surface area contributed by atoms with E-state index in [4.69, 9.17) is 9.47 Å². The second-order valence-electron chi connectivity index (χ2n) is 3.95.